The van der Waals surface area contributed by atoms with E-state index in [0.29, 0.717) is 55.1 Å². The third-order valence-corrected chi connectivity index (χ3v) is 5.35. The highest BCUT2D eigenvalue weighted by molar-refractivity contribution is 6.01. The van der Waals surface area contributed by atoms with Crippen LogP contribution in [0.5, 0.6) is 0 Å². The molecule has 0 saturated carbocycles. The smallest absolute Gasteiger partial charge is 0.339 e. The van der Waals surface area contributed by atoms with Gasteiger partial charge in [0.15, 0.2) is 0 Å². The van der Waals surface area contributed by atoms with E-state index in [1.165, 1.54) is 25.3 Å². The largest absolute Gasteiger partial charge is 0.465 e. The maximum Gasteiger partial charge on any atom is 0.339 e. The van der Waals surface area contributed by atoms with Crippen LogP contribution in [-0.4, -0.2) is 65.9 Å². The Morgan fingerprint density at radius 3 is 2.23 bits per heavy atom. The standard InChI is InChI=1S/C22H26FN3O4/c1-4-7-16-18(22(29)30-3)14(2)24-19(16)21(28)26-12-10-25(11-13-26)20(27)15-8-5-6-9-17(15)23/h5-6,8-9,24H,4,7,10-13H2,1-3H3. The number of benzene rings is 1. The number of piperazine rings is 1. The van der Waals surface area contributed by atoms with Gasteiger partial charge in [0.1, 0.15) is 11.5 Å². The Morgan fingerprint density at radius 2 is 1.67 bits per heavy atom. The molecule has 3 rings (SSSR count). The first kappa shape index (κ1) is 21.5. The number of halogens is 1. The number of hydrogen-bond acceptors (Lipinski definition) is 4. The molecule has 0 bridgehead atoms. The summed E-state index contributed by atoms with van der Waals surface area (Å²) in [6.45, 7) is 5.00. The number of H-pyrrole nitrogens is 1. The van der Waals surface area contributed by atoms with Crippen molar-refractivity contribution in [3.05, 3.63) is 58.2 Å². The first-order valence-corrected chi connectivity index (χ1v) is 10.0. The molecule has 0 aliphatic carbocycles. The van der Waals surface area contributed by atoms with Gasteiger partial charge in [0.25, 0.3) is 11.8 Å². The molecule has 1 aromatic heterocycles. The van der Waals surface area contributed by atoms with Gasteiger partial charge in [-0.25, -0.2) is 9.18 Å². The first-order chi connectivity index (χ1) is 14.4. The Labute approximate surface area is 174 Å². The van der Waals surface area contributed by atoms with Crippen molar-refractivity contribution in [3.8, 4) is 0 Å². The van der Waals surface area contributed by atoms with Gasteiger partial charge < -0.3 is 19.5 Å². The average molecular weight is 415 g/mol. The molecule has 0 unspecified atom stereocenters. The number of esters is 1. The molecule has 2 heterocycles. The minimum absolute atomic E-state index is 0.0326. The maximum atomic E-state index is 13.9. The zero-order valence-electron chi connectivity index (χ0n) is 17.5. The molecule has 160 valence electrons. The third-order valence-electron chi connectivity index (χ3n) is 5.35. The van der Waals surface area contributed by atoms with Crippen LogP contribution >= 0.6 is 0 Å². The molecule has 0 radical (unpaired) electrons. The van der Waals surface area contributed by atoms with Crippen LogP contribution in [0.1, 0.15) is 55.8 Å². The number of ether oxygens (including phenoxy) is 1. The topological polar surface area (TPSA) is 82.7 Å². The van der Waals surface area contributed by atoms with Crippen molar-refractivity contribution in [3.63, 3.8) is 0 Å². The first-order valence-electron chi connectivity index (χ1n) is 10.0. The van der Waals surface area contributed by atoms with Gasteiger partial charge in [-0.05, 0) is 31.0 Å². The van der Waals surface area contributed by atoms with Crippen LogP contribution in [0.3, 0.4) is 0 Å². The number of nitrogens with zero attached hydrogens (tertiary/aromatic N) is 2. The Morgan fingerprint density at radius 1 is 1.07 bits per heavy atom. The van der Waals surface area contributed by atoms with Gasteiger partial charge in [-0.3, -0.25) is 9.59 Å². The second-order valence-electron chi connectivity index (χ2n) is 7.28. The molecule has 1 saturated heterocycles. The number of aromatic nitrogens is 1. The summed E-state index contributed by atoms with van der Waals surface area (Å²) in [6.07, 6.45) is 1.34. The Kier molecular flexibility index (Phi) is 6.54. The summed E-state index contributed by atoms with van der Waals surface area (Å²) in [5.74, 6) is -1.61. The quantitative estimate of drug-likeness (QED) is 0.762. The van der Waals surface area contributed by atoms with Crippen LogP contribution in [0.2, 0.25) is 0 Å². The van der Waals surface area contributed by atoms with E-state index in [9.17, 15) is 18.8 Å². The molecular formula is C22H26FN3O4. The van der Waals surface area contributed by atoms with Crippen LogP contribution in [0.4, 0.5) is 4.39 Å². The molecule has 1 aliphatic rings. The van der Waals surface area contributed by atoms with Crippen molar-refractivity contribution < 1.29 is 23.5 Å². The number of methoxy groups -OCH3 is 1. The lowest BCUT2D eigenvalue weighted by molar-refractivity contribution is 0.0529. The van der Waals surface area contributed by atoms with E-state index in [4.69, 9.17) is 4.74 Å². The molecule has 2 amide bonds. The summed E-state index contributed by atoms with van der Waals surface area (Å²) in [5.41, 5.74) is 2.10. The van der Waals surface area contributed by atoms with E-state index < -0.39 is 11.8 Å². The van der Waals surface area contributed by atoms with Gasteiger partial charge in [0.05, 0.1) is 18.2 Å². The van der Waals surface area contributed by atoms with Crippen molar-refractivity contribution in [2.24, 2.45) is 0 Å². The van der Waals surface area contributed by atoms with Crippen molar-refractivity contribution in [2.45, 2.75) is 26.7 Å². The van der Waals surface area contributed by atoms with E-state index in [0.717, 1.165) is 6.42 Å². The molecule has 1 aromatic carbocycles. The minimum Gasteiger partial charge on any atom is -0.465 e. The van der Waals surface area contributed by atoms with Crippen molar-refractivity contribution in [2.75, 3.05) is 33.3 Å². The normalized spacial score (nSPS) is 14.0. The molecule has 0 atom stereocenters. The Hall–Kier alpha value is -3.16. The van der Waals surface area contributed by atoms with Crippen LogP contribution in [0.15, 0.2) is 24.3 Å². The summed E-state index contributed by atoms with van der Waals surface area (Å²) < 4.78 is 18.8. The Bertz CT molecular complexity index is 961. The number of aryl methyl sites for hydroxylation is 1. The zero-order chi connectivity index (χ0) is 21.8. The molecule has 0 spiro atoms. The summed E-state index contributed by atoms with van der Waals surface area (Å²) in [6, 6.07) is 5.88. The summed E-state index contributed by atoms with van der Waals surface area (Å²) >= 11 is 0. The minimum atomic E-state index is -0.553. The van der Waals surface area contributed by atoms with Gasteiger partial charge in [-0.1, -0.05) is 25.5 Å². The second kappa shape index (κ2) is 9.11. The number of rotatable bonds is 5. The second-order valence-corrected chi connectivity index (χ2v) is 7.28. The third kappa shape index (κ3) is 4.08. The average Bonchev–Trinajstić information content (AvgIpc) is 3.08. The maximum absolute atomic E-state index is 13.9. The number of aromatic amines is 1. The predicted octanol–water partition coefficient (Wildman–Crippen LogP) is 2.80. The predicted molar refractivity (Wildman–Crippen MR) is 109 cm³/mol. The van der Waals surface area contributed by atoms with E-state index in [2.05, 4.69) is 4.98 Å². The molecule has 30 heavy (non-hydrogen) atoms. The zero-order valence-corrected chi connectivity index (χ0v) is 17.5. The lowest BCUT2D eigenvalue weighted by Crippen LogP contribution is -2.51. The Balaban J connectivity index is 1.75. The fourth-order valence-corrected chi connectivity index (χ4v) is 3.81. The van der Waals surface area contributed by atoms with Gasteiger partial charge in [0, 0.05) is 31.9 Å². The number of amides is 2. The molecular weight excluding hydrogens is 389 g/mol. The SMILES string of the molecule is CCCc1c(C(=O)N2CCN(C(=O)c3ccccc3F)CC2)[nH]c(C)c1C(=O)OC. The monoisotopic (exact) mass is 415 g/mol. The number of carbonyl (C=O) groups excluding carboxylic acids is 3. The van der Waals surface area contributed by atoms with Crippen molar-refractivity contribution in [1.29, 1.82) is 0 Å². The number of carbonyl (C=O) groups is 3. The molecule has 7 nitrogen and oxygen atoms in total. The van der Waals surface area contributed by atoms with Gasteiger partial charge in [-0.15, -0.1) is 0 Å². The molecule has 8 heteroatoms. The van der Waals surface area contributed by atoms with Gasteiger partial charge in [0.2, 0.25) is 0 Å². The van der Waals surface area contributed by atoms with Gasteiger partial charge >= 0.3 is 5.97 Å². The molecule has 1 fully saturated rings. The van der Waals surface area contributed by atoms with Crippen LogP contribution in [-0.2, 0) is 11.2 Å². The summed E-state index contributed by atoms with van der Waals surface area (Å²) in [4.78, 5) is 44.2. The summed E-state index contributed by atoms with van der Waals surface area (Å²) in [5, 5.41) is 0. The van der Waals surface area contributed by atoms with Crippen LogP contribution in [0.25, 0.3) is 0 Å². The van der Waals surface area contributed by atoms with Crippen LogP contribution < -0.4 is 0 Å². The van der Waals surface area contributed by atoms with E-state index in [1.54, 1.807) is 22.8 Å². The lowest BCUT2D eigenvalue weighted by atomic mass is 10.0. The van der Waals surface area contributed by atoms with E-state index >= 15 is 0 Å². The highest BCUT2D eigenvalue weighted by atomic mass is 19.1. The van der Waals surface area contributed by atoms with Crippen molar-refractivity contribution >= 4 is 17.8 Å². The molecule has 2 aromatic rings. The number of hydrogen-bond donors (Lipinski definition) is 1. The lowest BCUT2D eigenvalue weighted by Gasteiger charge is -2.34. The highest BCUT2D eigenvalue weighted by Crippen LogP contribution is 2.24. The van der Waals surface area contributed by atoms with E-state index in [-0.39, 0.29) is 17.4 Å². The fourth-order valence-electron chi connectivity index (χ4n) is 3.81. The molecule has 1 aliphatic heterocycles. The summed E-state index contributed by atoms with van der Waals surface area (Å²) in [7, 11) is 1.32. The van der Waals surface area contributed by atoms with Crippen LogP contribution in [0, 0.1) is 12.7 Å². The van der Waals surface area contributed by atoms with E-state index in [1.807, 2.05) is 6.92 Å². The van der Waals surface area contributed by atoms with Crippen molar-refractivity contribution in [1.82, 2.24) is 14.8 Å². The fraction of sp³-hybridized carbons (Fsp3) is 0.409. The molecule has 1 N–H and O–H groups in total. The number of nitrogens with one attached hydrogen (secondary N) is 1. The van der Waals surface area contributed by atoms with Gasteiger partial charge in [-0.2, -0.15) is 0 Å². The highest BCUT2D eigenvalue weighted by Gasteiger charge is 2.31.